The predicted octanol–water partition coefficient (Wildman–Crippen LogP) is 2.15. The maximum absolute atomic E-state index is 6.18. The van der Waals surface area contributed by atoms with E-state index in [1.54, 1.807) is 18.1 Å². The van der Waals surface area contributed by atoms with Crippen LogP contribution in [0.3, 0.4) is 0 Å². The standard InChI is InChI=1S/C12H16ClN5O/c1-9(5-6-19-2)15-12-7-10(3-4-11(12)13)18-8-14-16-17-18/h3-4,7-9,15H,5-6H2,1-2H3. The number of halogens is 1. The highest BCUT2D eigenvalue weighted by Crippen LogP contribution is 2.25. The molecule has 6 nitrogen and oxygen atoms in total. The van der Waals surface area contributed by atoms with Gasteiger partial charge in [-0.2, -0.15) is 0 Å². The Morgan fingerprint density at radius 1 is 1.47 bits per heavy atom. The van der Waals surface area contributed by atoms with E-state index in [1.807, 2.05) is 18.2 Å². The van der Waals surface area contributed by atoms with E-state index < -0.39 is 0 Å². The molecule has 1 aromatic heterocycles. The highest BCUT2D eigenvalue weighted by molar-refractivity contribution is 6.33. The molecule has 7 heteroatoms. The number of anilines is 1. The molecule has 102 valence electrons. The van der Waals surface area contributed by atoms with Crippen molar-refractivity contribution in [2.24, 2.45) is 0 Å². The second-order valence-corrected chi connectivity index (χ2v) is 4.65. The van der Waals surface area contributed by atoms with Crippen molar-refractivity contribution in [3.8, 4) is 5.69 Å². The highest BCUT2D eigenvalue weighted by Gasteiger charge is 2.08. The molecule has 0 fully saturated rings. The summed E-state index contributed by atoms with van der Waals surface area (Å²) in [5, 5.41) is 15.1. The molecule has 0 bridgehead atoms. The van der Waals surface area contributed by atoms with Crippen molar-refractivity contribution < 1.29 is 4.74 Å². The van der Waals surface area contributed by atoms with Crippen LogP contribution < -0.4 is 5.32 Å². The average molecular weight is 282 g/mol. The first-order valence-electron chi connectivity index (χ1n) is 5.99. The summed E-state index contributed by atoms with van der Waals surface area (Å²) in [6.45, 7) is 2.79. The number of rotatable bonds is 6. The summed E-state index contributed by atoms with van der Waals surface area (Å²) in [6.07, 6.45) is 2.45. The summed E-state index contributed by atoms with van der Waals surface area (Å²) in [7, 11) is 1.69. The molecule has 19 heavy (non-hydrogen) atoms. The van der Waals surface area contributed by atoms with Gasteiger partial charge in [0.2, 0.25) is 0 Å². The van der Waals surface area contributed by atoms with Crippen molar-refractivity contribution in [2.45, 2.75) is 19.4 Å². The maximum atomic E-state index is 6.18. The molecular weight excluding hydrogens is 266 g/mol. The van der Waals surface area contributed by atoms with Crippen LogP contribution in [0.2, 0.25) is 5.02 Å². The Hall–Kier alpha value is -1.66. The molecule has 2 rings (SSSR count). The minimum Gasteiger partial charge on any atom is -0.385 e. The summed E-state index contributed by atoms with van der Waals surface area (Å²) in [5.41, 5.74) is 1.72. The zero-order valence-corrected chi connectivity index (χ0v) is 11.6. The van der Waals surface area contributed by atoms with E-state index in [-0.39, 0.29) is 6.04 Å². The Labute approximate surface area is 116 Å². The molecule has 0 saturated heterocycles. The van der Waals surface area contributed by atoms with Crippen LogP contribution in [0, 0.1) is 0 Å². The first-order chi connectivity index (χ1) is 9.20. The van der Waals surface area contributed by atoms with E-state index in [2.05, 4.69) is 27.8 Å². The van der Waals surface area contributed by atoms with Crippen LogP contribution in [0.4, 0.5) is 5.69 Å². The second kappa shape index (κ2) is 6.49. The molecule has 0 aliphatic carbocycles. The van der Waals surface area contributed by atoms with E-state index in [4.69, 9.17) is 16.3 Å². The molecule has 1 unspecified atom stereocenters. The fourth-order valence-electron chi connectivity index (χ4n) is 1.68. The van der Waals surface area contributed by atoms with Gasteiger partial charge in [-0.05, 0) is 42.0 Å². The first-order valence-corrected chi connectivity index (χ1v) is 6.37. The van der Waals surface area contributed by atoms with Crippen molar-refractivity contribution in [3.05, 3.63) is 29.5 Å². The fraction of sp³-hybridized carbons (Fsp3) is 0.417. The second-order valence-electron chi connectivity index (χ2n) is 4.25. The lowest BCUT2D eigenvalue weighted by Gasteiger charge is -2.16. The zero-order valence-electron chi connectivity index (χ0n) is 10.9. The van der Waals surface area contributed by atoms with E-state index in [0.29, 0.717) is 11.6 Å². The Balaban J connectivity index is 2.13. The van der Waals surface area contributed by atoms with Crippen LogP contribution in [0.1, 0.15) is 13.3 Å². The summed E-state index contributed by atoms with van der Waals surface area (Å²) in [4.78, 5) is 0. The highest BCUT2D eigenvalue weighted by atomic mass is 35.5. The zero-order chi connectivity index (χ0) is 13.7. The van der Waals surface area contributed by atoms with Crippen molar-refractivity contribution in [3.63, 3.8) is 0 Å². The van der Waals surface area contributed by atoms with Crippen LogP contribution >= 0.6 is 11.6 Å². The monoisotopic (exact) mass is 281 g/mol. The normalized spacial score (nSPS) is 12.4. The van der Waals surface area contributed by atoms with Crippen molar-refractivity contribution >= 4 is 17.3 Å². The smallest absolute Gasteiger partial charge is 0.143 e. The molecule has 0 spiro atoms. The molecule has 0 radical (unpaired) electrons. The molecule has 1 N–H and O–H groups in total. The van der Waals surface area contributed by atoms with Gasteiger partial charge in [0.25, 0.3) is 0 Å². The van der Waals surface area contributed by atoms with Crippen molar-refractivity contribution in [1.29, 1.82) is 0 Å². The lowest BCUT2D eigenvalue weighted by atomic mass is 10.2. The Morgan fingerprint density at radius 3 is 3.00 bits per heavy atom. The van der Waals surface area contributed by atoms with E-state index in [9.17, 15) is 0 Å². The number of methoxy groups -OCH3 is 1. The summed E-state index contributed by atoms with van der Waals surface area (Å²) in [5.74, 6) is 0. The molecule has 2 aromatic rings. The Bertz CT molecular complexity index is 517. The molecule has 0 aliphatic rings. The van der Waals surface area contributed by atoms with Gasteiger partial charge in [-0.1, -0.05) is 11.6 Å². The van der Waals surface area contributed by atoms with Crippen LogP contribution in [0.15, 0.2) is 24.5 Å². The first kappa shape index (κ1) is 13.8. The Kier molecular flexibility index (Phi) is 4.70. The van der Waals surface area contributed by atoms with Crippen LogP contribution in [0.25, 0.3) is 5.69 Å². The van der Waals surface area contributed by atoms with E-state index >= 15 is 0 Å². The molecule has 1 atom stereocenters. The van der Waals surface area contributed by atoms with Crippen LogP contribution in [0.5, 0.6) is 0 Å². The SMILES string of the molecule is COCCC(C)Nc1cc(-n2cnnn2)ccc1Cl. The fourth-order valence-corrected chi connectivity index (χ4v) is 1.85. The molecular formula is C12H16ClN5O. The number of ether oxygens (including phenoxy) is 1. The van der Waals surface area contributed by atoms with E-state index in [1.165, 1.54) is 0 Å². The maximum Gasteiger partial charge on any atom is 0.143 e. The number of benzene rings is 1. The molecule has 0 aliphatic heterocycles. The third-order valence-electron chi connectivity index (χ3n) is 2.72. The summed E-state index contributed by atoms with van der Waals surface area (Å²) in [6, 6.07) is 5.87. The van der Waals surface area contributed by atoms with Gasteiger partial charge in [-0.3, -0.25) is 0 Å². The van der Waals surface area contributed by atoms with Gasteiger partial charge in [0.15, 0.2) is 0 Å². The van der Waals surface area contributed by atoms with Crippen LogP contribution in [-0.2, 0) is 4.74 Å². The van der Waals surface area contributed by atoms with Crippen molar-refractivity contribution in [2.75, 3.05) is 19.0 Å². The molecule has 1 heterocycles. The average Bonchev–Trinajstić information content (AvgIpc) is 2.93. The van der Waals surface area contributed by atoms with Gasteiger partial charge in [-0.15, -0.1) is 5.10 Å². The number of nitrogens with one attached hydrogen (secondary N) is 1. The van der Waals surface area contributed by atoms with Gasteiger partial charge in [0.1, 0.15) is 6.33 Å². The van der Waals surface area contributed by atoms with Gasteiger partial charge < -0.3 is 10.1 Å². The van der Waals surface area contributed by atoms with Gasteiger partial charge in [-0.25, -0.2) is 4.68 Å². The molecule has 0 saturated carbocycles. The lowest BCUT2D eigenvalue weighted by molar-refractivity contribution is 0.191. The number of nitrogens with zero attached hydrogens (tertiary/aromatic N) is 4. The largest absolute Gasteiger partial charge is 0.385 e. The van der Waals surface area contributed by atoms with Gasteiger partial charge >= 0.3 is 0 Å². The minimum absolute atomic E-state index is 0.265. The van der Waals surface area contributed by atoms with Gasteiger partial charge in [0, 0.05) is 19.8 Å². The molecule has 0 amide bonds. The molecule has 1 aromatic carbocycles. The Morgan fingerprint density at radius 2 is 2.32 bits per heavy atom. The van der Waals surface area contributed by atoms with Crippen LogP contribution in [-0.4, -0.2) is 40.0 Å². The topological polar surface area (TPSA) is 64.9 Å². The van der Waals surface area contributed by atoms with Crippen molar-refractivity contribution in [1.82, 2.24) is 20.2 Å². The third kappa shape index (κ3) is 3.65. The van der Waals surface area contributed by atoms with Gasteiger partial charge in [0.05, 0.1) is 16.4 Å². The number of hydrogen-bond acceptors (Lipinski definition) is 5. The minimum atomic E-state index is 0.265. The number of tetrazole rings is 1. The summed E-state index contributed by atoms with van der Waals surface area (Å²) >= 11 is 6.18. The number of hydrogen-bond donors (Lipinski definition) is 1. The quantitative estimate of drug-likeness (QED) is 0.879. The van der Waals surface area contributed by atoms with E-state index in [0.717, 1.165) is 17.8 Å². The number of aromatic nitrogens is 4. The lowest BCUT2D eigenvalue weighted by Crippen LogP contribution is -2.17. The third-order valence-corrected chi connectivity index (χ3v) is 3.05. The summed E-state index contributed by atoms with van der Waals surface area (Å²) < 4.78 is 6.64. The predicted molar refractivity (Wildman–Crippen MR) is 73.7 cm³/mol.